The normalized spacial score (nSPS) is 25.1. The second-order valence-electron chi connectivity index (χ2n) is 2.67. The lowest BCUT2D eigenvalue weighted by Crippen LogP contribution is -2.24. The van der Waals surface area contributed by atoms with Gasteiger partial charge in [-0.1, -0.05) is 23.8 Å². The highest BCUT2D eigenvalue weighted by atomic mass is 19.4. The zero-order valence-corrected chi connectivity index (χ0v) is 6.15. The minimum atomic E-state index is -4.08. The summed E-state index contributed by atoms with van der Waals surface area (Å²) in [6.07, 6.45) is 0.738. The summed E-state index contributed by atoms with van der Waals surface area (Å²) in [6.45, 7) is 1.52. The first-order chi connectivity index (χ1) is 5.02. The minimum Gasteiger partial charge on any atom is -0.170 e. The maximum Gasteiger partial charge on any atom is 0.395 e. The van der Waals surface area contributed by atoms with Gasteiger partial charge in [-0.15, -0.1) is 0 Å². The molecule has 0 saturated heterocycles. The SMILES string of the molecule is CC1=CC=CCC1C(F)(F)F. The van der Waals surface area contributed by atoms with E-state index >= 15 is 0 Å². The van der Waals surface area contributed by atoms with Crippen LogP contribution in [0.25, 0.3) is 0 Å². The first-order valence-electron chi connectivity index (χ1n) is 3.42. The molecule has 3 heteroatoms. The molecule has 0 fully saturated rings. The van der Waals surface area contributed by atoms with Crippen LogP contribution in [0, 0.1) is 5.92 Å². The minimum absolute atomic E-state index is 0.0891. The summed E-state index contributed by atoms with van der Waals surface area (Å²) in [5.74, 6) is -1.26. The molecule has 0 saturated carbocycles. The average Bonchev–Trinajstić information content (AvgIpc) is 1.86. The van der Waals surface area contributed by atoms with Crippen molar-refractivity contribution in [3.63, 3.8) is 0 Å². The van der Waals surface area contributed by atoms with Gasteiger partial charge in [0.1, 0.15) is 0 Å². The van der Waals surface area contributed by atoms with E-state index in [0.717, 1.165) is 0 Å². The van der Waals surface area contributed by atoms with E-state index in [1.807, 2.05) is 0 Å². The zero-order chi connectivity index (χ0) is 8.48. The van der Waals surface area contributed by atoms with Crippen LogP contribution in [0.1, 0.15) is 13.3 Å². The Morgan fingerprint density at radius 3 is 2.45 bits per heavy atom. The molecule has 1 atom stereocenters. The summed E-state index contributed by atoms with van der Waals surface area (Å²) < 4.78 is 36.4. The topological polar surface area (TPSA) is 0 Å². The van der Waals surface area contributed by atoms with Gasteiger partial charge in [0.25, 0.3) is 0 Å². The van der Waals surface area contributed by atoms with Crippen LogP contribution in [0.5, 0.6) is 0 Å². The molecule has 1 aliphatic carbocycles. The van der Waals surface area contributed by atoms with Gasteiger partial charge in [0.05, 0.1) is 5.92 Å². The van der Waals surface area contributed by atoms with Gasteiger partial charge in [-0.3, -0.25) is 0 Å². The fourth-order valence-corrected chi connectivity index (χ4v) is 1.13. The molecule has 1 unspecified atom stereocenters. The first kappa shape index (κ1) is 8.37. The average molecular weight is 162 g/mol. The number of halogens is 3. The Morgan fingerprint density at radius 2 is 2.09 bits per heavy atom. The zero-order valence-electron chi connectivity index (χ0n) is 6.15. The number of allylic oxidation sites excluding steroid dienone is 4. The summed E-state index contributed by atoms with van der Waals surface area (Å²) >= 11 is 0. The van der Waals surface area contributed by atoms with Crippen LogP contribution in [0.15, 0.2) is 23.8 Å². The molecule has 0 amide bonds. The number of hydrogen-bond donors (Lipinski definition) is 0. The molecule has 11 heavy (non-hydrogen) atoms. The van der Waals surface area contributed by atoms with E-state index in [1.165, 1.54) is 13.0 Å². The lowest BCUT2D eigenvalue weighted by Gasteiger charge is -2.21. The van der Waals surface area contributed by atoms with E-state index in [2.05, 4.69) is 0 Å². The highest BCUT2D eigenvalue weighted by Crippen LogP contribution is 2.35. The quantitative estimate of drug-likeness (QED) is 0.513. The Labute approximate surface area is 63.4 Å². The van der Waals surface area contributed by atoms with Gasteiger partial charge < -0.3 is 0 Å². The summed E-state index contributed by atoms with van der Waals surface area (Å²) in [5.41, 5.74) is 0.403. The molecule has 0 radical (unpaired) electrons. The van der Waals surface area contributed by atoms with Crippen LogP contribution in [0.2, 0.25) is 0 Å². The second kappa shape index (κ2) is 2.72. The van der Waals surface area contributed by atoms with Crippen molar-refractivity contribution in [3.05, 3.63) is 23.8 Å². The Bertz CT molecular complexity index is 198. The van der Waals surface area contributed by atoms with Crippen molar-refractivity contribution >= 4 is 0 Å². The molecule has 0 N–H and O–H groups in total. The molecule has 0 aliphatic heterocycles. The fourth-order valence-electron chi connectivity index (χ4n) is 1.13. The van der Waals surface area contributed by atoms with Gasteiger partial charge in [0.15, 0.2) is 0 Å². The van der Waals surface area contributed by atoms with Gasteiger partial charge >= 0.3 is 6.18 Å². The Balaban J connectivity index is 2.76. The van der Waals surface area contributed by atoms with Gasteiger partial charge in [-0.2, -0.15) is 13.2 Å². The van der Waals surface area contributed by atoms with E-state index in [9.17, 15) is 13.2 Å². The van der Waals surface area contributed by atoms with Crippen LogP contribution in [-0.4, -0.2) is 6.18 Å². The van der Waals surface area contributed by atoms with Crippen LogP contribution in [-0.2, 0) is 0 Å². The van der Waals surface area contributed by atoms with E-state index in [0.29, 0.717) is 5.57 Å². The third kappa shape index (κ3) is 1.85. The molecule has 1 rings (SSSR count). The molecule has 0 aromatic rings. The fraction of sp³-hybridized carbons (Fsp3) is 0.500. The highest BCUT2D eigenvalue weighted by molar-refractivity contribution is 5.20. The maximum atomic E-state index is 12.1. The first-order valence-corrected chi connectivity index (χ1v) is 3.42. The third-order valence-electron chi connectivity index (χ3n) is 1.81. The third-order valence-corrected chi connectivity index (χ3v) is 1.81. The monoisotopic (exact) mass is 162 g/mol. The largest absolute Gasteiger partial charge is 0.395 e. The summed E-state index contributed by atoms with van der Waals surface area (Å²) in [4.78, 5) is 0. The number of hydrogen-bond acceptors (Lipinski definition) is 0. The number of alkyl halides is 3. The van der Waals surface area contributed by atoms with Crippen molar-refractivity contribution in [2.24, 2.45) is 5.92 Å². The molecule has 1 aliphatic rings. The van der Waals surface area contributed by atoms with E-state index in [-0.39, 0.29) is 6.42 Å². The number of rotatable bonds is 0. The summed E-state index contributed by atoms with van der Waals surface area (Å²) in [5, 5.41) is 0. The van der Waals surface area contributed by atoms with Crippen molar-refractivity contribution in [3.8, 4) is 0 Å². The molecule has 0 spiro atoms. The van der Waals surface area contributed by atoms with Crippen molar-refractivity contribution in [2.75, 3.05) is 0 Å². The Kier molecular flexibility index (Phi) is 2.07. The molecule has 0 nitrogen and oxygen atoms in total. The van der Waals surface area contributed by atoms with Crippen LogP contribution in [0.3, 0.4) is 0 Å². The molecule has 0 bridgehead atoms. The van der Waals surface area contributed by atoms with Crippen LogP contribution < -0.4 is 0 Å². The molecular formula is C8H9F3. The van der Waals surface area contributed by atoms with Gasteiger partial charge in [0, 0.05) is 0 Å². The predicted octanol–water partition coefficient (Wildman–Crippen LogP) is 3.07. The highest BCUT2D eigenvalue weighted by Gasteiger charge is 2.39. The van der Waals surface area contributed by atoms with Crippen molar-refractivity contribution < 1.29 is 13.2 Å². The molecule has 0 aromatic carbocycles. The van der Waals surface area contributed by atoms with Crippen molar-refractivity contribution in [1.29, 1.82) is 0 Å². The Hall–Kier alpha value is -0.730. The molecule has 0 heterocycles. The van der Waals surface area contributed by atoms with Gasteiger partial charge in [0.2, 0.25) is 0 Å². The molecule has 62 valence electrons. The molecule has 0 aromatic heterocycles. The maximum absolute atomic E-state index is 12.1. The van der Waals surface area contributed by atoms with Gasteiger partial charge in [-0.25, -0.2) is 0 Å². The van der Waals surface area contributed by atoms with Gasteiger partial charge in [-0.05, 0) is 13.3 Å². The predicted molar refractivity (Wildman–Crippen MR) is 37.1 cm³/mol. The lowest BCUT2D eigenvalue weighted by atomic mass is 9.92. The second-order valence-corrected chi connectivity index (χ2v) is 2.67. The van der Waals surface area contributed by atoms with E-state index in [4.69, 9.17) is 0 Å². The van der Waals surface area contributed by atoms with Crippen LogP contribution >= 0.6 is 0 Å². The standard InChI is InChI=1S/C8H9F3/c1-6-4-2-3-5-7(6)8(9,10)11/h2-4,7H,5H2,1H3. The smallest absolute Gasteiger partial charge is 0.170 e. The Morgan fingerprint density at radius 1 is 1.45 bits per heavy atom. The molecular weight excluding hydrogens is 153 g/mol. The van der Waals surface area contributed by atoms with E-state index in [1.54, 1.807) is 12.2 Å². The summed E-state index contributed by atoms with van der Waals surface area (Å²) in [7, 11) is 0. The summed E-state index contributed by atoms with van der Waals surface area (Å²) in [6, 6.07) is 0. The van der Waals surface area contributed by atoms with Crippen molar-refractivity contribution in [1.82, 2.24) is 0 Å². The van der Waals surface area contributed by atoms with Crippen LogP contribution in [0.4, 0.5) is 13.2 Å². The van der Waals surface area contributed by atoms with Crippen molar-refractivity contribution in [2.45, 2.75) is 19.5 Å². The van der Waals surface area contributed by atoms with E-state index < -0.39 is 12.1 Å². The lowest BCUT2D eigenvalue weighted by molar-refractivity contribution is -0.163.